The Morgan fingerprint density at radius 1 is 1.25 bits per heavy atom. The van der Waals surface area contributed by atoms with Crippen LogP contribution in [-0.2, 0) is 4.74 Å². The fraction of sp³-hybridized carbons (Fsp3) is 0.600. The van der Waals surface area contributed by atoms with Crippen molar-refractivity contribution in [3.05, 3.63) is 23.8 Å². The van der Waals surface area contributed by atoms with E-state index in [-0.39, 0.29) is 6.04 Å². The monoisotopic (exact) mass is 278 g/mol. The molecule has 0 spiro atoms. The first-order valence-corrected chi connectivity index (χ1v) is 7.17. The largest absolute Gasteiger partial charge is 0.486 e. The molecule has 3 rings (SSSR count). The molecule has 0 saturated carbocycles. The van der Waals surface area contributed by atoms with E-state index in [1.54, 1.807) is 0 Å². The number of benzene rings is 1. The SMILES string of the molecule is CN(CC(N)c1ccc2c(c1)OCCO2)C1CCOC1. The van der Waals surface area contributed by atoms with Gasteiger partial charge in [-0.1, -0.05) is 6.07 Å². The van der Waals surface area contributed by atoms with Crippen LogP contribution in [-0.4, -0.2) is 51.0 Å². The third kappa shape index (κ3) is 2.90. The van der Waals surface area contributed by atoms with E-state index in [4.69, 9.17) is 19.9 Å². The molecule has 0 bridgehead atoms. The molecule has 20 heavy (non-hydrogen) atoms. The second-order valence-electron chi connectivity index (χ2n) is 5.47. The van der Waals surface area contributed by atoms with Gasteiger partial charge in [-0.15, -0.1) is 0 Å². The maximum Gasteiger partial charge on any atom is 0.161 e. The van der Waals surface area contributed by atoms with Gasteiger partial charge in [0.25, 0.3) is 0 Å². The van der Waals surface area contributed by atoms with Gasteiger partial charge in [0.15, 0.2) is 11.5 Å². The Morgan fingerprint density at radius 3 is 2.80 bits per heavy atom. The highest BCUT2D eigenvalue weighted by Crippen LogP contribution is 2.32. The Morgan fingerprint density at radius 2 is 2.05 bits per heavy atom. The van der Waals surface area contributed by atoms with Crippen LogP contribution in [0, 0.1) is 0 Å². The lowest BCUT2D eigenvalue weighted by Gasteiger charge is -2.27. The van der Waals surface area contributed by atoms with Crippen molar-refractivity contribution in [2.45, 2.75) is 18.5 Å². The van der Waals surface area contributed by atoms with E-state index < -0.39 is 0 Å². The Labute approximate surface area is 119 Å². The van der Waals surface area contributed by atoms with Crippen molar-refractivity contribution in [3.63, 3.8) is 0 Å². The van der Waals surface area contributed by atoms with Crippen LogP contribution in [0.15, 0.2) is 18.2 Å². The fourth-order valence-electron chi connectivity index (χ4n) is 2.73. The van der Waals surface area contributed by atoms with Crippen molar-refractivity contribution in [3.8, 4) is 11.5 Å². The minimum atomic E-state index is -0.0311. The van der Waals surface area contributed by atoms with Crippen molar-refractivity contribution in [2.24, 2.45) is 5.73 Å². The van der Waals surface area contributed by atoms with Crippen LogP contribution in [0.5, 0.6) is 11.5 Å². The molecule has 1 saturated heterocycles. The standard InChI is InChI=1S/C15H22N2O3/c1-17(12-4-5-18-10-12)9-13(16)11-2-3-14-15(8-11)20-7-6-19-14/h2-3,8,12-13H,4-7,9-10,16H2,1H3. The molecule has 2 heterocycles. The molecule has 0 aromatic heterocycles. The molecule has 0 aliphatic carbocycles. The highest BCUT2D eigenvalue weighted by Gasteiger charge is 2.22. The predicted molar refractivity (Wildman–Crippen MR) is 76.2 cm³/mol. The predicted octanol–water partition coefficient (Wildman–Crippen LogP) is 1.18. The second kappa shape index (κ2) is 5.99. The highest BCUT2D eigenvalue weighted by atomic mass is 16.6. The summed E-state index contributed by atoms with van der Waals surface area (Å²) in [6, 6.07) is 6.42. The second-order valence-corrected chi connectivity index (χ2v) is 5.47. The molecular weight excluding hydrogens is 256 g/mol. The average Bonchev–Trinajstić information content (AvgIpc) is 3.01. The molecule has 1 fully saturated rings. The molecular formula is C15H22N2O3. The lowest BCUT2D eigenvalue weighted by Crippen LogP contribution is -2.37. The van der Waals surface area contributed by atoms with Crippen molar-refractivity contribution in [1.29, 1.82) is 0 Å². The maximum atomic E-state index is 6.32. The lowest BCUT2D eigenvalue weighted by atomic mass is 10.1. The molecule has 2 atom stereocenters. The third-order valence-electron chi connectivity index (χ3n) is 4.01. The average molecular weight is 278 g/mol. The minimum Gasteiger partial charge on any atom is -0.486 e. The Kier molecular flexibility index (Phi) is 4.10. The van der Waals surface area contributed by atoms with Crippen LogP contribution in [0.2, 0.25) is 0 Å². The normalized spacial score (nSPS) is 23.1. The fourth-order valence-corrected chi connectivity index (χ4v) is 2.73. The first-order valence-electron chi connectivity index (χ1n) is 7.17. The summed E-state index contributed by atoms with van der Waals surface area (Å²) in [5, 5.41) is 0. The molecule has 1 aromatic carbocycles. The zero-order valence-electron chi connectivity index (χ0n) is 11.9. The molecule has 5 nitrogen and oxygen atoms in total. The Balaban J connectivity index is 1.65. The summed E-state index contributed by atoms with van der Waals surface area (Å²) in [5.74, 6) is 1.61. The van der Waals surface area contributed by atoms with Gasteiger partial charge in [-0.05, 0) is 31.2 Å². The van der Waals surface area contributed by atoms with E-state index in [0.717, 1.165) is 43.2 Å². The first kappa shape index (κ1) is 13.7. The number of fused-ring (bicyclic) bond motifs is 1. The minimum absolute atomic E-state index is 0.0311. The van der Waals surface area contributed by atoms with Crippen LogP contribution in [0.25, 0.3) is 0 Å². The molecule has 0 radical (unpaired) electrons. The number of rotatable bonds is 4. The third-order valence-corrected chi connectivity index (χ3v) is 4.01. The number of nitrogens with two attached hydrogens (primary N) is 1. The molecule has 2 N–H and O–H groups in total. The molecule has 110 valence electrons. The van der Waals surface area contributed by atoms with Crippen molar-refractivity contribution >= 4 is 0 Å². The van der Waals surface area contributed by atoms with Crippen LogP contribution >= 0.6 is 0 Å². The van der Waals surface area contributed by atoms with E-state index in [0.29, 0.717) is 19.3 Å². The van der Waals surface area contributed by atoms with Crippen LogP contribution in [0.1, 0.15) is 18.0 Å². The summed E-state index contributed by atoms with van der Waals surface area (Å²) in [5.41, 5.74) is 7.40. The van der Waals surface area contributed by atoms with Gasteiger partial charge < -0.3 is 19.9 Å². The lowest BCUT2D eigenvalue weighted by molar-refractivity contribution is 0.155. The molecule has 2 aliphatic heterocycles. The van der Waals surface area contributed by atoms with Gasteiger partial charge in [0.05, 0.1) is 6.61 Å². The van der Waals surface area contributed by atoms with Gasteiger partial charge in [-0.3, -0.25) is 4.90 Å². The Bertz CT molecular complexity index is 460. The van der Waals surface area contributed by atoms with Gasteiger partial charge in [-0.25, -0.2) is 0 Å². The molecule has 2 aliphatic rings. The van der Waals surface area contributed by atoms with E-state index in [9.17, 15) is 0 Å². The van der Waals surface area contributed by atoms with Gasteiger partial charge in [0.1, 0.15) is 13.2 Å². The summed E-state index contributed by atoms with van der Waals surface area (Å²) in [7, 11) is 2.11. The summed E-state index contributed by atoms with van der Waals surface area (Å²) in [6.45, 7) is 3.69. The highest BCUT2D eigenvalue weighted by molar-refractivity contribution is 5.44. The van der Waals surface area contributed by atoms with E-state index >= 15 is 0 Å². The zero-order valence-corrected chi connectivity index (χ0v) is 11.9. The van der Waals surface area contributed by atoms with Gasteiger partial charge >= 0.3 is 0 Å². The van der Waals surface area contributed by atoms with Crippen molar-refractivity contribution in [1.82, 2.24) is 4.90 Å². The van der Waals surface area contributed by atoms with Crippen LogP contribution in [0.3, 0.4) is 0 Å². The van der Waals surface area contributed by atoms with E-state index in [1.165, 1.54) is 0 Å². The quantitative estimate of drug-likeness (QED) is 0.896. The Hall–Kier alpha value is -1.30. The van der Waals surface area contributed by atoms with E-state index in [1.807, 2.05) is 18.2 Å². The van der Waals surface area contributed by atoms with Crippen molar-refractivity contribution in [2.75, 3.05) is 40.0 Å². The summed E-state index contributed by atoms with van der Waals surface area (Å²) in [6.07, 6.45) is 1.09. The molecule has 1 aromatic rings. The van der Waals surface area contributed by atoms with Crippen LogP contribution < -0.4 is 15.2 Å². The smallest absolute Gasteiger partial charge is 0.161 e. The molecule has 5 heteroatoms. The molecule has 2 unspecified atom stereocenters. The summed E-state index contributed by atoms with van der Waals surface area (Å²) >= 11 is 0. The van der Waals surface area contributed by atoms with Gasteiger partial charge in [-0.2, -0.15) is 0 Å². The van der Waals surface area contributed by atoms with Crippen molar-refractivity contribution < 1.29 is 14.2 Å². The number of hydrogen-bond donors (Lipinski definition) is 1. The summed E-state index contributed by atoms with van der Waals surface area (Å²) in [4.78, 5) is 2.29. The summed E-state index contributed by atoms with van der Waals surface area (Å²) < 4.78 is 16.6. The molecule has 0 amide bonds. The number of nitrogens with zero attached hydrogens (tertiary/aromatic N) is 1. The zero-order chi connectivity index (χ0) is 13.9. The topological polar surface area (TPSA) is 57.0 Å². The van der Waals surface area contributed by atoms with Gasteiger partial charge in [0.2, 0.25) is 0 Å². The number of likely N-dealkylation sites (N-methyl/N-ethyl adjacent to an activating group) is 1. The number of hydrogen-bond acceptors (Lipinski definition) is 5. The van der Waals surface area contributed by atoms with E-state index in [2.05, 4.69) is 11.9 Å². The first-order chi connectivity index (χ1) is 9.74. The van der Waals surface area contributed by atoms with Gasteiger partial charge in [0, 0.05) is 25.2 Å². The maximum absolute atomic E-state index is 6.32. The number of ether oxygens (including phenoxy) is 3. The van der Waals surface area contributed by atoms with Crippen LogP contribution in [0.4, 0.5) is 0 Å².